The number of carbonyl (C=O) groups excluding carboxylic acids is 1. The van der Waals surface area contributed by atoms with Gasteiger partial charge in [-0.25, -0.2) is 9.59 Å². The van der Waals surface area contributed by atoms with Crippen LogP contribution in [0.15, 0.2) is 42.5 Å². The van der Waals surface area contributed by atoms with Crippen LogP contribution < -0.4 is 10.2 Å². The number of carboxylic acid groups (broad SMARTS) is 1. The fourth-order valence-electron chi connectivity index (χ4n) is 3.05. The minimum absolute atomic E-state index is 0.159. The van der Waals surface area contributed by atoms with Crippen LogP contribution in [-0.4, -0.2) is 49.5 Å². The number of benzene rings is 1. The third-order valence-corrected chi connectivity index (χ3v) is 5.63. The van der Waals surface area contributed by atoms with Crippen molar-refractivity contribution >= 4 is 28.4 Å². The van der Waals surface area contributed by atoms with Crippen LogP contribution >= 0.6 is 11.3 Å². The van der Waals surface area contributed by atoms with Gasteiger partial charge in [-0.15, -0.1) is 11.3 Å². The maximum Gasteiger partial charge on any atom is 0.407 e. The lowest BCUT2D eigenvalue weighted by atomic mass is 10.0. The number of methoxy groups -OCH3 is 1. The summed E-state index contributed by atoms with van der Waals surface area (Å²) in [6.07, 6.45) is 0.00115. The number of carbonyl (C=O) groups is 2. The van der Waals surface area contributed by atoms with Crippen LogP contribution in [0.3, 0.4) is 0 Å². The summed E-state index contributed by atoms with van der Waals surface area (Å²) in [5.41, 5.74) is 0.928. The molecule has 2 N–H and O–H groups in total. The largest absolute Gasteiger partial charge is 0.477 e. The second-order valence-electron chi connectivity index (χ2n) is 6.26. The summed E-state index contributed by atoms with van der Waals surface area (Å²) in [5.74, 6) is -0.924. The van der Waals surface area contributed by atoms with E-state index in [1.54, 1.807) is 13.2 Å². The van der Waals surface area contributed by atoms with Crippen molar-refractivity contribution in [3.8, 4) is 0 Å². The molecule has 1 saturated heterocycles. The Morgan fingerprint density at radius 2 is 2.04 bits per heavy atom. The van der Waals surface area contributed by atoms with Crippen LogP contribution in [0.4, 0.5) is 9.80 Å². The molecule has 1 aliphatic rings. The number of hydrogen-bond acceptors (Lipinski definition) is 6. The van der Waals surface area contributed by atoms with Gasteiger partial charge < -0.3 is 24.8 Å². The van der Waals surface area contributed by atoms with E-state index in [1.165, 1.54) is 11.3 Å². The number of carboxylic acids is 1. The highest BCUT2D eigenvalue weighted by Crippen LogP contribution is 2.29. The van der Waals surface area contributed by atoms with Crippen LogP contribution in [0.1, 0.15) is 21.7 Å². The normalized spacial score (nSPS) is 19.5. The monoisotopic (exact) mass is 390 g/mol. The molecule has 0 radical (unpaired) electrons. The van der Waals surface area contributed by atoms with Gasteiger partial charge in [0.15, 0.2) is 0 Å². The van der Waals surface area contributed by atoms with E-state index in [2.05, 4.69) is 10.2 Å². The van der Waals surface area contributed by atoms with Gasteiger partial charge in [-0.1, -0.05) is 30.3 Å². The molecule has 7 nitrogen and oxygen atoms in total. The van der Waals surface area contributed by atoms with Gasteiger partial charge in [0.25, 0.3) is 0 Å². The zero-order valence-electron chi connectivity index (χ0n) is 15.0. The summed E-state index contributed by atoms with van der Waals surface area (Å²) >= 11 is 1.24. The van der Waals surface area contributed by atoms with Gasteiger partial charge in [0.1, 0.15) is 11.5 Å². The number of aromatic carboxylic acids is 1. The summed E-state index contributed by atoms with van der Waals surface area (Å²) in [6.45, 7) is 1.49. The maximum atomic E-state index is 12.1. The van der Waals surface area contributed by atoms with Gasteiger partial charge in [-0.05, 0) is 24.1 Å². The molecule has 1 aromatic carbocycles. The van der Waals surface area contributed by atoms with Crippen LogP contribution in [0.2, 0.25) is 0 Å². The predicted molar refractivity (Wildman–Crippen MR) is 102 cm³/mol. The lowest BCUT2D eigenvalue weighted by Crippen LogP contribution is -2.54. The quantitative estimate of drug-likeness (QED) is 0.788. The van der Waals surface area contributed by atoms with Gasteiger partial charge in [0, 0.05) is 20.2 Å². The standard InChI is InChI=1S/C19H22N2O5S/c1-25-15-11-21(17-8-7-16(27-17)18(22)23)10-9-14(15)20-19(24)26-12-13-5-3-2-4-6-13/h2-8,14-15H,9-12H2,1H3,(H,20,24)(H,22,23)/t14-,15+/m0/s1. The van der Waals surface area contributed by atoms with Crippen molar-refractivity contribution in [3.05, 3.63) is 52.9 Å². The summed E-state index contributed by atoms with van der Waals surface area (Å²) in [4.78, 5) is 25.6. The smallest absolute Gasteiger partial charge is 0.407 e. The molecule has 8 heteroatoms. The van der Waals surface area contributed by atoms with Gasteiger partial charge in [0.05, 0.1) is 17.1 Å². The molecule has 1 aromatic heterocycles. The number of alkyl carbamates (subject to hydrolysis) is 1. The van der Waals surface area contributed by atoms with Crippen LogP contribution in [0.5, 0.6) is 0 Å². The molecule has 27 heavy (non-hydrogen) atoms. The van der Waals surface area contributed by atoms with E-state index < -0.39 is 12.1 Å². The Hall–Kier alpha value is -2.58. The number of piperidine rings is 1. The third-order valence-electron chi connectivity index (χ3n) is 4.49. The highest BCUT2D eigenvalue weighted by molar-refractivity contribution is 7.17. The molecule has 2 atom stereocenters. The van der Waals surface area contributed by atoms with Gasteiger partial charge in [0.2, 0.25) is 0 Å². The van der Waals surface area contributed by atoms with Crippen molar-refractivity contribution < 1.29 is 24.2 Å². The van der Waals surface area contributed by atoms with Crippen molar-refractivity contribution in [2.75, 3.05) is 25.1 Å². The summed E-state index contributed by atoms with van der Waals surface area (Å²) in [5, 5.41) is 12.8. The highest BCUT2D eigenvalue weighted by atomic mass is 32.1. The fourth-order valence-corrected chi connectivity index (χ4v) is 3.93. The molecule has 0 unspecified atom stereocenters. The minimum Gasteiger partial charge on any atom is -0.477 e. The van der Waals surface area contributed by atoms with Gasteiger partial charge in [-0.3, -0.25) is 0 Å². The SMILES string of the molecule is CO[C@@H]1CN(c2ccc(C(=O)O)s2)CC[C@@H]1NC(=O)OCc1ccccc1. The summed E-state index contributed by atoms with van der Waals surface area (Å²) in [7, 11) is 1.61. The topological polar surface area (TPSA) is 88.1 Å². The maximum absolute atomic E-state index is 12.1. The third kappa shape index (κ3) is 4.99. The Morgan fingerprint density at radius 1 is 1.26 bits per heavy atom. The zero-order chi connectivity index (χ0) is 19.2. The molecule has 1 aliphatic heterocycles. The Morgan fingerprint density at radius 3 is 2.70 bits per heavy atom. The fraction of sp³-hybridized carbons (Fsp3) is 0.368. The van der Waals surface area contributed by atoms with Crippen molar-refractivity contribution in [1.29, 1.82) is 0 Å². The molecule has 1 fully saturated rings. The zero-order valence-corrected chi connectivity index (χ0v) is 15.8. The first-order valence-corrected chi connectivity index (χ1v) is 9.46. The first kappa shape index (κ1) is 19.2. The van der Waals surface area contributed by atoms with E-state index >= 15 is 0 Å². The molecule has 0 aliphatic carbocycles. The molecule has 0 saturated carbocycles. The van der Waals surface area contributed by atoms with E-state index in [-0.39, 0.29) is 18.8 Å². The van der Waals surface area contributed by atoms with Crippen molar-refractivity contribution in [2.45, 2.75) is 25.2 Å². The average molecular weight is 390 g/mol. The minimum atomic E-state index is -0.924. The van der Waals surface area contributed by atoms with Gasteiger partial charge >= 0.3 is 12.1 Å². The Labute approximate surface area is 161 Å². The highest BCUT2D eigenvalue weighted by Gasteiger charge is 2.31. The number of amides is 1. The molecule has 1 amide bonds. The summed E-state index contributed by atoms with van der Waals surface area (Å²) in [6, 6.07) is 12.8. The Bertz CT molecular complexity index is 779. The molecule has 0 bridgehead atoms. The predicted octanol–water partition coefficient (Wildman–Crippen LogP) is 2.97. The first-order valence-electron chi connectivity index (χ1n) is 8.65. The van der Waals surface area contributed by atoms with E-state index in [4.69, 9.17) is 14.6 Å². The summed E-state index contributed by atoms with van der Waals surface area (Å²) < 4.78 is 10.8. The molecule has 2 heterocycles. The molecule has 2 aromatic rings. The molecular weight excluding hydrogens is 368 g/mol. The Balaban J connectivity index is 1.53. The number of rotatable bonds is 6. The van der Waals surface area contributed by atoms with Gasteiger partial charge in [-0.2, -0.15) is 0 Å². The van der Waals surface area contributed by atoms with Crippen LogP contribution in [0.25, 0.3) is 0 Å². The molecule has 144 valence electrons. The van der Waals surface area contributed by atoms with E-state index in [0.717, 1.165) is 10.6 Å². The van der Waals surface area contributed by atoms with Crippen molar-refractivity contribution in [2.24, 2.45) is 0 Å². The number of nitrogens with one attached hydrogen (secondary N) is 1. The van der Waals surface area contributed by atoms with Crippen molar-refractivity contribution in [1.82, 2.24) is 5.32 Å². The lowest BCUT2D eigenvalue weighted by Gasteiger charge is -2.38. The van der Waals surface area contributed by atoms with Crippen LogP contribution in [-0.2, 0) is 16.1 Å². The second kappa shape index (κ2) is 8.88. The molecular formula is C19H22N2O5S. The van der Waals surface area contributed by atoms with E-state index in [9.17, 15) is 9.59 Å². The first-order chi connectivity index (χ1) is 13.1. The average Bonchev–Trinajstić information content (AvgIpc) is 3.18. The number of ether oxygens (including phenoxy) is 2. The number of thiophene rings is 1. The number of nitrogens with zero attached hydrogens (tertiary/aromatic N) is 1. The molecule has 3 rings (SSSR count). The second-order valence-corrected chi connectivity index (χ2v) is 7.33. The Kier molecular flexibility index (Phi) is 6.31. The lowest BCUT2D eigenvalue weighted by molar-refractivity contribution is 0.0548. The van der Waals surface area contributed by atoms with Crippen molar-refractivity contribution in [3.63, 3.8) is 0 Å². The molecule has 0 spiro atoms. The number of anilines is 1. The number of hydrogen-bond donors (Lipinski definition) is 2. The van der Waals surface area contributed by atoms with Crippen LogP contribution in [0, 0.1) is 0 Å². The van der Waals surface area contributed by atoms with E-state index in [1.807, 2.05) is 36.4 Å². The van der Waals surface area contributed by atoms with E-state index in [0.29, 0.717) is 24.4 Å².